The zero-order valence-electron chi connectivity index (χ0n) is 13.4. The predicted octanol–water partition coefficient (Wildman–Crippen LogP) is 2.53. The molecule has 0 N–H and O–H groups in total. The molecule has 1 aromatic carbocycles. The molecule has 0 spiro atoms. The SMILES string of the molecule is Cc1c2c(-c3nc(C4(C)CC4)no3)ncn2c2ccccc2[n+]1[O-]. The summed E-state index contributed by atoms with van der Waals surface area (Å²) < 4.78 is 8.27. The van der Waals surface area contributed by atoms with Gasteiger partial charge in [-0.1, -0.05) is 24.2 Å². The maximum Gasteiger partial charge on any atom is 0.279 e. The third kappa shape index (κ3) is 1.66. The number of hydrogen-bond acceptors (Lipinski definition) is 5. The van der Waals surface area contributed by atoms with Crippen molar-refractivity contribution in [3.05, 3.63) is 47.3 Å². The molecule has 7 nitrogen and oxygen atoms in total. The summed E-state index contributed by atoms with van der Waals surface area (Å²) in [6.45, 7) is 3.90. The van der Waals surface area contributed by atoms with Crippen LogP contribution in [0.1, 0.15) is 31.3 Å². The van der Waals surface area contributed by atoms with Gasteiger partial charge in [0.2, 0.25) is 11.2 Å². The van der Waals surface area contributed by atoms with Gasteiger partial charge >= 0.3 is 0 Å². The molecule has 1 aliphatic carbocycles. The molecule has 1 saturated carbocycles. The van der Waals surface area contributed by atoms with Crippen molar-refractivity contribution >= 4 is 16.6 Å². The number of imidazole rings is 1. The highest BCUT2D eigenvalue weighted by atomic mass is 16.5. The molecule has 0 aliphatic heterocycles. The molecule has 3 aromatic heterocycles. The van der Waals surface area contributed by atoms with Gasteiger partial charge in [-0.15, -0.1) is 0 Å². The zero-order chi connectivity index (χ0) is 16.5. The minimum absolute atomic E-state index is 0.0253. The number of hydrogen-bond donors (Lipinski definition) is 0. The Morgan fingerprint density at radius 1 is 1.29 bits per heavy atom. The summed E-state index contributed by atoms with van der Waals surface area (Å²) in [4.78, 5) is 8.97. The molecule has 0 bridgehead atoms. The van der Waals surface area contributed by atoms with Gasteiger partial charge in [-0.3, -0.25) is 4.40 Å². The van der Waals surface area contributed by atoms with E-state index in [9.17, 15) is 5.21 Å². The zero-order valence-corrected chi connectivity index (χ0v) is 13.4. The topological polar surface area (TPSA) is 83.2 Å². The molecule has 7 heteroatoms. The number of para-hydroxylation sites is 2. The molecule has 5 rings (SSSR count). The van der Waals surface area contributed by atoms with Gasteiger partial charge in [0.1, 0.15) is 17.4 Å². The molecular formula is C17H15N5O2. The van der Waals surface area contributed by atoms with Gasteiger partial charge in [-0.2, -0.15) is 9.71 Å². The van der Waals surface area contributed by atoms with E-state index < -0.39 is 0 Å². The van der Waals surface area contributed by atoms with Crippen molar-refractivity contribution in [1.29, 1.82) is 0 Å². The van der Waals surface area contributed by atoms with E-state index in [1.165, 1.54) is 0 Å². The lowest BCUT2D eigenvalue weighted by atomic mass is 10.1. The Kier molecular flexibility index (Phi) is 2.42. The van der Waals surface area contributed by atoms with Crippen LogP contribution in [0.5, 0.6) is 0 Å². The molecule has 120 valence electrons. The van der Waals surface area contributed by atoms with E-state index in [0.717, 1.165) is 23.1 Å². The van der Waals surface area contributed by atoms with Gasteiger partial charge < -0.3 is 9.73 Å². The Balaban J connectivity index is 1.80. The first-order valence-corrected chi connectivity index (χ1v) is 7.91. The lowest BCUT2D eigenvalue weighted by Gasteiger charge is -2.08. The summed E-state index contributed by atoms with van der Waals surface area (Å²) in [6.07, 6.45) is 3.84. The number of aromatic nitrogens is 5. The second-order valence-electron chi connectivity index (χ2n) is 6.66. The fraction of sp³-hybridized carbons (Fsp3) is 0.294. The third-order valence-corrected chi connectivity index (χ3v) is 4.94. The third-order valence-electron chi connectivity index (χ3n) is 4.94. The summed E-state index contributed by atoms with van der Waals surface area (Å²) >= 11 is 0. The summed E-state index contributed by atoms with van der Waals surface area (Å²) in [5, 5.41) is 16.7. The molecule has 0 unspecified atom stereocenters. The van der Waals surface area contributed by atoms with Crippen molar-refractivity contribution in [3.8, 4) is 11.6 Å². The Hall–Kier alpha value is -2.96. The average Bonchev–Trinajstić information content (AvgIpc) is 3.04. The predicted molar refractivity (Wildman–Crippen MR) is 86.3 cm³/mol. The Labute approximate surface area is 137 Å². The molecule has 24 heavy (non-hydrogen) atoms. The summed E-state index contributed by atoms with van der Waals surface area (Å²) in [5.41, 5.74) is 3.21. The smallest absolute Gasteiger partial charge is 0.279 e. The quantitative estimate of drug-likeness (QED) is 0.418. The maximum atomic E-state index is 12.6. The highest BCUT2D eigenvalue weighted by Gasteiger charge is 2.44. The van der Waals surface area contributed by atoms with Crippen molar-refractivity contribution in [2.24, 2.45) is 0 Å². The van der Waals surface area contributed by atoms with Crippen molar-refractivity contribution in [2.45, 2.75) is 32.1 Å². The van der Waals surface area contributed by atoms with Crippen LogP contribution in [-0.4, -0.2) is 19.5 Å². The highest BCUT2D eigenvalue weighted by Crippen LogP contribution is 2.46. The molecule has 1 aliphatic rings. The minimum Gasteiger partial charge on any atom is -0.618 e. The van der Waals surface area contributed by atoms with E-state index in [1.54, 1.807) is 19.3 Å². The van der Waals surface area contributed by atoms with Crippen molar-refractivity contribution in [3.63, 3.8) is 0 Å². The first-order chi connectivity index (χ1) is 11.6. The first kappa shape index (κ1) is 13.5. The monoisotopic (exact) mass is 321 g/mol. The van der Waals surface area contributed by atoms with Gasteiger partial charge in [0.25, 0.3) is 5.89 Å². The molecule has 1 fully saturated rings. The Bertz CT molecular complexity index is 1110. The Morgan fingerprint density at radius 3 is 2.88 bits per heavy atom. The fourth-order valence-corrected chi connectivity index (χ4v) is 3.13. The number of rotatable bonds is 2. The summed E-state index contributed by atoms with van der Waals surface area (Å²) in [6, 6.07) is 7.44. The van der Waals surface area contributed by atoms with Crippen LogP contribution in [-0.2, 0) is 5.41 Å². The lowest BCUT2D eigenvalue weighted by molar-refractivity contribution is -0.583. The molecule has 0 radical (unpaired) electrons. The normalized spacial score (nSPS) is 16.1. The second kappa shape index (κ2) is 4.31. The fourth-order valence-electron chi connectivity index (χ4n) is 3.13. The van der Waals surface area contributed by atoms with Crippen molar-refractivity contribution in [2.75, 3.05) is 0 Å². The Morgan fingerprint density at radius 2 is 2.08 bits per heavy atom. The van der Waals surface area contributed by atoms with E-state index >= 15 is 0 Å². The number of fused-ring (bicyclic) bond motifs is 3. The first-order valence-electron chi connectivity index (χ1n) is 7.91. The van der Waals surface area contributed by atoms with Crippen LogP contribution in [0.3, 0.4) is 0 Å². The molecule has 3 heterocycles. The van der Waals surface area contributed by atoms with Crippen LogP contribution in [0.4, 0.5) is 0 Å². The van der Waals surface area contributed by atoms with Crippen LogP contribution < -0.4 is 4.73 Å². The summed E-state index contributed by atoms with van der Waals surface area (Å²) in [5.74, 6) is 1.08. The lowest BCUT2D eigenvalue weighted by Crippen LogP contribution is -2.32. The van der Waals surface area contributed by atoms with Gasteiger partial charge in [0, 0.05) is 18.4 Å². The van der Waals surface area contributed by atoms with Crippen molar-refractivity contribution < 1.29 is 9.25 Å². The van der Waals surface area contributed by atoms with Gasteiger partial charge in [-0.25, -0.2) is 4.98 Å². The van der Waals surface area contributed by atoms with E-state index in [1.807, 2.05) is 22.6 Å². The molecule has 4 aromatic rings. The summed E-state index contributed by atoms with van der Waals surface area (Å²) in [7, 11) is 0. The van der Waals surface area contributed by atoms with E-state index in [0.29, 0.717) is 34.1 Å². The second-order valence-corrected chi connectivity index (χ2v) is 6.66. The van der Waals surface area contributed by atoms with Gasteiger partial charge in [-0.05, 0) is 18.9 Å². The number of benzene rings is 1. The molecular weight excluding hydrogens is 306 g/mol. The van der Waals surface area contributed by atoms with Gasteiger partial charge in [0.15, 0.2) is 11.5 Å². The standard InChI is InChI=1S/C17H15N5O2/c1-10-14-13(15-19-16(20-24-15)17(2)7-8-17)18-9-21(14)11-5-3-4-6-12(11)22(10)23/h3-6,9H,7-8H2,1-2H3. The number of nitrogens with zero attached hydrogens (tertiary/aromatic N) is 5. The van der Waals surface area contributed by atoms with Crippen molar-refractivity contribution in [1.82, 2.24) is 19.5 Å². The largest absolute Gasteiger partial charge is 0.618 e. The van der Waals surface area contributed by atoms with E-state index in [2.05, 4.69) is 22.0 Å². The highest BCUT2D eigenvalue weighted by molar-refractivity contribution is 5.82. The van der Waals surface area contributed by atoms with Crippen LogP contribution in [0.25, 0.3) is 28.1 Å². The molecule has 0 atom stereocenters. The van der Waals surface area contributed by atoms with E-state index in [4.69, 9.17) is 4.52 Å². The van der Waals surface area contributed by atoms with Gasteiger partial charge in [0.05, 0.1) is 0 Å². The van der Waals surface area contributed by atoms with Crippen LogP contribution in [0, 0.1) is 12.1 Å². The maximum absolute atomic E-state index is 12.6. The minimum atomic E-state index is 0.0253. The average molecular weight is 321 g/mol. The van der Waals surface area contributed by atoms with Crippen LogP contribution in [0.2, 0.25) is 0 Å². The molecule has 0 amide bonds. The molecule has 0 saturated heterocycles. The van der Waals surface area contributed by atoms with Crippen LogP contribution in [0.15, 0.2) is 35.1 Å². The van der Waals surface area contributed by atoms with E-state index in [-0.39, 0.29) is 5.41 Å². The number of aryl methyl sites for hydroxylation is 1. The van der Waals surface area contributed by atoms with Crippen LogP contribution >= 0.6 is 0 Å².